The van der Waals surface area contributed by atoms with Gasteiger partial charge in [0.15, 0.2) is 6.61 Å². The molecular weight excluding hydrogens is 471 g/mol. The molecule has 0 atom stereocenters. The molecule has 2 heterocycles. The first-order valence-corrected chi connectivity index (χ1v) is 12.2. The van der Waals surface area contributed by atoms with Gasteiger partial charge in [0, 0.05) is 37.4 Å². The van der Waals surface area contributed by atoms with E-state index in [2.05, 4.69) is 5.48 Å². The van der Waals surface area contributed by atoms with Crippen molar-refractivity contribution in [1.82, 2.24) is 9.79 Å². The highest BCUT2D eigenvalue weighted by Gasteiger charge is 2.33. The quantitative estimate of drug-likeness (QED) is 0.621. The number of alkyl halides is 3. The largest absolute Gasteiger partial charge is 0.416 e. The van der Waals surface area contributed by atoms with Crippen molar-refractivity contribution in [2.75, 3.05) is 31.1 Å². The number of fused-ring (bicyclic) bond motifs is 1. The minimum absolute atomic E-state index is 0.0300. The zero-order valence-corrected chi connectivity index (χ0v) is 19.0. The van der Waals surface area contributed by atoms with Crippen molar-refractivity contribution in [3.63, 3.8) is 0 Å². The van der Waals surface area contributed by atoms with Crippen molar-refractivity contribution < 1.29 is 31.2 Å². The number of para-hydroxylation sites is 1. The molecule has 1 amide bonds. The van der Waals surface area contributed by atoms with Crippen molar-refractivity contribution in [2.24, 2.45) is 0 Å². The van der Waals surface area contributed by atoms with E-state index < -0.39 is 26.7 Å². The predicted octanol–water partition coefficient (Wildman–Crippen LogP) is 3.48. The molecule has 0 bridgehead atoms. The average molecular weight is 496 g/mol. The number of aryl methyl sites for hydroxylation is 1. The van der Waals surface area contributed by atoms with E-state index in [1.54, 1.807) is 11.0 Å². The molecule has 0 fully saturated rings. The molecule has 2 aromatic rings. The van der Waals surface area contributed by atoms with Gasteiger partial charge >= 0.3 is 6.18 Å². The van der Waals surface area contributed by atoms with Crippen LogP contribution < -0.4 is 10.4 Å². The number of halogens is 3. The number of anilines is 1. The van der Waals surface area contributed by atoms with E-state index in [0.29, 0.717) is 18.3 Å². The van der Waals surface area contributed by atoms with Crippen LogP contribution in [0.2, 0.25) is 0 Å². The Balaban J connectivity index is 1.32. The molecule has 2 aromatic carbocycles. The van der Waals surface area contributed by atoms with Crippen LogP contribution in [0.25, 0.3) is 0 Å². The minimum atomic E-state index is -4.63. The summed E-state index contributed by atoms with van der Waals surface area (Å²) in [7, 11) is -4.09. The van der Waals surface area contributed by atoms with E-state index in [1.807, 2.05) is 24.3 Å². The first-order valence-electron chi connectivity index (χ1n) is 10.8. The highest BCUT2D eigenvalue weighted by molar-refractivity contribution is 7.89. The van der Waals surface area contributed by atoms with Crippen LogP contribution in [0.15, 0.2) is 65.2 Å². The van der Waals surface area contributed by atoms with Gasteiger partial charge in [-0.2, -0.15) is 17.5 Å². The fourth-order valence-corrected chi connectivity index (χ4v) is 5.43. The van der Waals surface area contributed by atoms with E-state index in [0.717, 1.165) is 46.6 Å². The Morgan fingerprint density at radius 1 is 1.06 bits per heavy atom. The van der Waals surface area contributed by atoms with Crippen molar-refractivity contribution in [1.29, 1.82) is 0 Å². The third-order valence-corrected chi connectivity index (χ3v) is 7.64. The molecule has 2 aliphatic heterocycles. The van der Waals surface area contributed by atoms with Crippen LogP contribution in [0.5, 0.6) is 0 Å². The number of carbonyl (C=O) groups excluding carboxylic acids is 1. The molecule has 1 N–H and O–H groups in total. The highest BCUT2D eigenvalue weighted by atomic mass is 32.2. The number of hydrogen-bond acceptors (Lipinski definition) is 5. The van der Waals surface area contributed by atoms with Crippen LogP contribution in [-0.4, -0.2) is 44.9 Å². The summed E-state index contributed by atoms with van der Waals surface area (Å²) in [5, 5.41) is 0. The van der Waals surface area contributed by atoms with Crippen molar-refractivity contribution in [3.8, 4) is 0 Å². The molecule has 182 valence electrons. The molecule has 0 saturated carbocycles. The van der Waals surface area contributed by atoms with Gasteiger partial charge in [0.2, 0.25) is 10.0 Å². The van der Waals surface area contributed by atoms with Gasteiger partial charge in [0.25, 0.3) is 5.91 Å². The van der Waals surface area contributed by atoms with Crippen molar-refractivity contribution >= 4 is 21.6 Å². The maximum atomic E-state index is 12.9. The number of hydrogen-bond donors (Lipinski definition) is 1. The van der Waals surface area contributed by atoms with E-state index >= 15 is 0 Å². The standard InChI is InChI=1S/C23H24F3N3O4S/c24-23(25,26)18-7-3-8-20(15-18)34(31,32)28-13-10-19(11-14-28)27-33-16-22(30)29-12-4-6-17-5-1-2-9-21(17)29/h1-3,5,7-10,15,27H,4,6,11-14,16H2. The number of benzene rings is 2. The summed E-state index contributed by atoms with van der Waals surface area (Å²) in [5.41, 5.74) is 4.28. The second kappa shape index (κ2) is 9.77. The van der Waals surface area contributed by atoms with Gasteiger partial charge < -0.3 is 4.90 Å². The number of nitrogens with zero attached hydrogens (tertiary/aromatic N) is 2. The van der Waals surface area contributed by atoms with Crippen LogP contribution in [-0.2, 0) is 32.3 Å². The molecule has 0 aromatic heterocycles. The van der Waals surface area contributed by atoms with Crippen LogP contribution in [0.4, 0.5) is 18.9 Å². The van der Waals surface area contributed by atoms with Gasteiger partial charge in [-0.05, 0) is 48.7 Å². The minimum Gasteiger partial charge on any atom is -0.310 e. The Morgan fingerprint density at radius 2 is 1.85 bits per heavy atom. The zero-order chi connectivity index (χ0) is 24.3. The molecule has 0 saturated heterocycles. The van der Waals surface area contributed by atoms with Crippen molar-refractivity contribution in [2.45, 2.75) is 30.3 Å². The van der Waals surface area contributed by atoms with Gasteiger partial charge in [-0.15, -0.1) is 0 Å². The molecule has 11 heteroatoms. The maximum absolute atomic E-state index is 12.9. The lowest BCUT2D eigenvalue weighted by molar-refractivity contribution is -0.137. The van der Waals surface area contributed by atoms with E-state index in [1.165, 1.54) is 0 Å². The third-order valence-electron chi connectivity index (χ3n) is 5.78. The molecule has 0 unspecified atom stereocenters. The smallest absolute Gasteiger partial charge is 0.310 e. The van der Waals surface area contributed by atoms with Crippen LogP contribution >= 0.6 is 0 Å². The summed E-state index contributed by atoms with van der Waals surface area (Å²) in [6, 6.07) is 11.4. The van der Waals surface area contributed by atoms with Gasteiger partial charge in [0.1, 0.15) is 0 Å². The molecule has 2 aliphatic rings. The van der Waals surface area contributed by atoms with E-state index in [9.17, 15) is 26.4 Å². The Morgan fingerprint density at radius 3 is 2.59 bits per heavy atom. The summed E-state index contributed by atoms with van der Waals surface area (Å²) < 4.78 is 65.5. The first-order chi connectivity index (χ1) is 16.2. The Labute approximate surface area is 195 Å². The lowest BCUT2D eigenvalue weighted by Crippen LogP contribution is -2.40. The summed E-state index contributed by atoms with van der Waals surface area (Å²) in [6.45, 7) is 0.453. The summed E-state index contributed by atoms with van der Waals surface area (Å²) in [4.78, 5) is 19.3. The monoisotopic (exact) mass is 495 g/mol. The SMILES string of the molecule is O=C(CONC1=CCN(S(=O)(=O)c2cccc(C(F)(F)F)c2)CC1)N1CCCc2ccccc21. The van der Waals surface area contributed by atoms with Crippen LogP contribution in [0, 0.1) is 0 Å². The Bertz CT molecular complexity index is 1200. The molecule has 4 rings (SSSR count). The van der Waals surface area contributed by atoms with Gasteiger partial charge in [-0.25, -0.2) is 8.42 Å². The number of amides is 1. The molecule has 0 radical (unpaired) electrons. The average Bonchev–Trinajstić information content (AvgIpc) is 2.83. The van der Waals surface area contributed by atoms with Gasteiger partial charge in [0.05, 0.1) is 10.5 Å². The Hall–Kier alpha value is -2.89. The molecular formula is C23H24F3N3O4S. The van der Waals surface area contributed by atoms with E-state index in [4.69, 9.17) is 4.84 Å². The topological polar surface area (TPSA) is 79.0 Å². The molecule has 7 nitrogen and oxygen atoms in total. The Kier molecular flexibility index (Phi) is 6.96. The van der Waals surface area contributed by atoms with Gasteiger partial charge in [-0.3, -0.25) is 15.1 Å². The second-order valence-corrected chi connectivity index (χ2v) is 9.97. The summed E-state index contributed by atoms with van der Waals surface area (Å²) >= 11 is 0. The number of nitrogens with one attached hydrogen (secondary N) is 1. The number of carbonyl (C=O) groups is 1. The van der Waals surface area contributed by atoms with Crippen LogP contribution in [0.3, 0.4) is 0 Å². The molecule has 0 aliphatic carbocycles. The molecule has 0 spiro atoms. The van der Waals surface area contributed by atoms with E-state index in [-0.39, 0.29) is 32.0 Å². The zero-order valence-electron chi connectivity index (χ0n) is 18.2. The first kappa shape index (κ1) is 24.2. The van der Waals surface area contributed by atoms with Crippen molar-refractivity contribution in [3.05, 3.63) is 71.4 Å². The predicted molar refractivity (Wildman–Crippen MR) is 119 cm³/mol. The van der Waals surface area contributed by atoms with Gasteiger partial charge in [-0.1, -0.05) is 24.3 Å². The maximum Gasteiger partial charge on any atom is 0.416 e. The third kappa shape index (κ3) is 5.26. The second-order valence-electron chi connectivity index (χ2n) is 8.04. The normalized spacial score (nSPS) is 17.1. The fraction of sp³-hybridized carbons (Fsp3) is 0.348. The lowest BCUT2D eigenvalue weighted by atomic mass is 10.0. The molecule has 34 heavy (non-hydrogen) atoms. The van der Waals surface area contributed by atoms with Crippen LogP contribution in [0.1, 0.15) is 24.0 Å². The lowest BCUT2D eigenvalue weighted by Gasteiger charge is -2.29. The number of sulfonamides is 1. The fourth-order valence-electron chi connectivity index (χ4n) is 4.00. The number of hydroxylamine groups is 1. The highest BCUT2D eigenvalue weighted by Crippen LogP contribution is 2.31. The number of rotatable bonds is 6. The summed E-state index contributed by atoms with van der Waals surface area (Å²) in [5.74, 6) is -0.190. The summed E-state index contributed by atoms with van der Waals surface area (Å²) in [6.07, 6.45) is -0.993.